The van der Waals surface area contributed by atoms with Gasteiger partial charge in [0.2, 0.25) is 11.8 Å². The number of ether oxygens (including phenoxy) is 2. The fourth-order valence-electron chi connectivity index (χ4n) is 3.48. The summed E-state index contributed by atoms with van der Waals surface area (Å²) in [6, 6.07) is 17.0. The van der Waals surface area contributed by atoms with Crippen LogP contribution >= 0.6 is 11.8 Å². The number of para-hydroxylation sites is 1. The van der Waals surface area contributed by atoms with Crippen molar-refractivity contribution in [2.45, 2.75) is 5.92 Å². The molecule has 0 bridgehead atoms. The van der Waals surface area contributed by atoms with Crippen molar-refractivity contribution in [3.05, 3.63) is 76.3 Å². The summed E-state index contributed by atoms with van der Waals surface area (Å²) in [6.45, 7) is 0. The Balaban J connectivity index is 1.92. The molecule has 0 fully saturated rings. The highest BCUT2D eigenvalue weighted by Gasteiger charge is 2.44. The second-order valence-electron chi connectivity index (χ2n) is 7.14. The fourth-order valence-corrected chi connectivity index (χ4v) is 4.33. The van der Waals surface area contributed by atoms with Crippen LogP contribution in [0.25, 0.3) is 0 Å². The molecule has 174 valence electrons. The number of anilines is 1. The lowest BCUT2D eigenvalue weighted by atomic mass is 9.78. The summed E-state index contributed by atoms with van der Waals surface area (Å²) in [4.78, 5) is 49.4. The van der Waals surface area contributed by atoms with Gasteiger partial charge in [-0.1, -0.05) is 42.1 Å². The monoisotopic (exact) mass is 479 g/mol. The molecule has 0 unspecified atom stereocenters. The van der Waals surface area contributed by atoms with Crippen molar-refractivity contribution in [2.75, 3.05) is 25.3 Å². The normalized spacial score (nSPS) is 17.3. The van der Waals surface area contributed by atoms with E-state index in [0.29, 0.717) is 11.3 Å². The topological polar surface area (TPSA) is 135 Å². The summed E-state index contributed by atoms with van der Waals surface area (Å²) in [6.07, 6.45) is 0. The van der Waals surface area contributed by atoms with E-state index in [4.69, 9.17) is 9.47 Å². The van der Waals surface area contributed by atoms with Gasteiger partial charge in [0.1, 0.15) is 5.92 Å². The van der Waals surface area contributed by atoms with Gasteiger partial charge in [0, 0.05) is 11.6 Å². The Morgan fingerprint density at radius 1 is 1.06 bits per heavy atom. The summed E-state index contributed by atoms with van der Waals surface area (Å²) in [5.41, 5.74) is 1.46. The molecule has 34 heavy (non-hydrogen) atoms. The van der Waals surface area contributed by atoms with Crippen LogP contribution in [-0.4, -0.2) is 43.7 Å². The van der Waals surface area contributed by atoms with E-state index in [1.165, 1.54) is 19.2 Å². The van der Waals surface area contributed by atoms with Crippen molar-refractivity contribution in [2.24, 2.45) is 5.92 Å². The number of thioether (sulfide) groups is 1. The Morgan fingerprint density at radius 3 is 2.32 bits per heavy atom. The molecule has 10 heteroatoms. The molecular weight excluding hydrogens is 458 g/mol. The molecule has 2 amide bonds. The molecule has 2 aromatic carbocycles. The Morgan fingerprint density at radius 2 is 1.74 bits per heavy atom. The van der Waals surface area contributed by atoms with E-state index in [1.54, 1.807) is 36.4 Å². The first-order chi connectivity index (χ1) is 16.4. The van der Waals surface area contributed by atoms with Crippen LogP contribution in [0, 0.1) is 17.2 Å². The van der Waals surface area contributed by atoms with E-state index in [9.17, 15) is 24.4 Å². The van der Waals surface area contributed by atoms with Gasteiger partial charge in [-0.2, -0.15) is 5.26 Å². The first-order valence-electron chi connectivity index (χ1n) is 10.1. The van der Waals surface area contributed by atoms with Crippen molar-refractivity contribution in [3.63, 3.8) is 0 Å². The molecule has 1 heterocycles. The minimum Gasteiger partial charge on any atom is -0.468 e. The van der Waals surface area contributed by atoms with E-state index >= 15 is 0 Å². The largest absolute Gasteiger partial charge is 0.468 e. The van der Waals surface area contributed by atoms with Crippen molar-refractivity contribution in [3.8, 4) is 6.07 Å². The number of allylic oxidation sites excluding steroid dienone is 1. The maximum absolute atomic E-state index is 12.9. The molecule has 2 aromatic rings. The number of hydrogen-bond donors (Lipinski definition) is 2. The lowest BCUT2D eigenvalue weighted by Gasteiger charge is -2.31. The van der Waals surface area contributed by atoms with Crippen LogP contribution in [0.3, 0.4) is 0 Å². The van der Waals surface area contributed by atoms with Crippen molar-refractivity contribution < 1.29 is 28.7 Å². The minimum absolute atomic E-state index is 0.0768. The molecule has 0 aliphatic carbocycles. The maximum atomic E-state index is 12.9. The third-order valence-corrected chi connectivity index (χ3v) is 6.10. The van der Waals surface area contributed by atoms with E-state index in [1.807, 2.05) is 6.07 Å². The first-order valence-corrected chi connectivity index (χ1v) is 11.1. The molecule has 2 N–H and O–H groups in total. The van der Waals surface area contributed by atoms with Gasteiger partial charge in [-0.05, 0) is 29.8 Å². The second-order valence-corrected chi connectivity index (χ2v) is 8.12. The second kappa shape index (κ2) is 11.2. The lowest BCUT2D eigenvalue weighted by molar-refractivity contribution is -0.150. The Hall–Kier alpha value is -4.10. The van der Waals surface area contributed by atoms with E-state index in [0.717, 1.165) is 18.9 Å². The molecule has 0 radical (unpaired) electrons. The molecule has 1 aliphatic heterocycles. The minimum atomic E-state index is -1.31. The molecule has 0 saturated heterocycles. The predicted molar refractivity (Wildman–Crippen MR) is 124 cm³/mol. The summed E-state index contributed by atoms with van der Waals surface area (Å²) in [5, 5.41) is 15.4. The average Bonchev–Trinajstić information content (AvgIpc) is 2.86. The lowest BCUT2D eigenvalue weighted by Crippen LogP contribution is -2.44. The van der Waals surface area contributed by atoms with Crippen molar-refractivity contribution in [1.29, 1.82) is 5.26 Å². The smallest absolute Gasteiger partial charge is 0.337 e. The van der Waals surface area contributed by atoms with Gasteiger partial charge >= 0.3 is 11.9 Å². The molecule has 0 spiro atoms. The van der Waals surface area contributed by atoms with Crippen LogP contribution in [0.2, 0.25) is 0 Å². The van der Waals surface area contributed by atoms with Crippen LogP contribution in [0.5, 0.6) is 0 Å². The molecule has 9 nitrogen and oxygen atoms in total. The number of carbonyl (C=O) groups is 4. The summed E-state index contributed by atoms with van der Waals surface area (Å²) >= 11 is 0.980. The zero-order valence-electron chi connectivity index (χ0n) is 18.4. The van der Waals surface area contributed by atoms with Crippen LogP contribution in [0.15, 0.2) is 65.2 Å². The van der Waals surface area contributed by atoms with Gasteiger partial charge in [0.05, 0.1) is 42.2 Å². The molecular formula is C24H21N3O6S. The Bertz CT molecular complexity index is 1170. The van der Waals surface area contributed by atoms with E-state index < -0.39 is 29.7 Å². The van der Waals surface area contributed by atoms with Crippen LogP contribution < -0.4 is 10.6 Å². The molecule has 2 atom stereocenters. The standard InChI is InChI=1S/C24H21N3O6S/c1-32-23(30)15-10-8-14(9-11-15)19-17(12-25)22(27-21(29)20(19)24(31)33-2)34-13-18(28)26-16-6-4-3-5-7-16/h3-11,19-20H,13H2,1-2H3,(H,26,28)(H,27,29)/t19-,20-/m1/s1. The molecule has 0 aromatic heterocycles. The number of rotatable bonds is 7. The first kappa shape index (κ1) is 24.5. The number of carbonyl (C=O) groups excluding carboxylic acids is 4. The quantitative estimate of drug-likeness (QED) is 0.457. The Kier molecular flexibility index (Phi) is 8.05. The third kappa shape index (κ3) is 5.44. The third-order valence-electron chi connectivity index (χ3n) is 5.08. The van der Waals surface area contributed by atoms with Crippen LogP contribution in [0.1, 0.15) is 21.8 Å². The van der Waals surface area contributed by atoms with Gasteiger partial charge in [-0.15, -0.1) is 0 Å². The number of esters is 2. The highest BCUT2D eigenvalue weighted by Crippen LogP contribution is 2.40. The van der Waals surface area contributed by atoms with Gasteiger partial charge in [-0.3, -0.25) is 14.4 Å². The van der Waals surface area contributed by atoms with Gasteiger partial charge in [-0.25, -0.2) is 4.79 Å². The number of benzene rings is 2. The zero-order chi connectivity index (χ0) is 24.7. The number of amides is 2. The van der Waals surface area contributed by atoms with E-state index in [-0.39, 0.29) is 27.8 Å². The summed E-state index contributed by atoms with van der Waals surface area (Å²) in [7, 11) is 2.41. The van der Waals surface area contributed by atoms with Gasteiger partial charge in [0.25, 0.3) is 0 Å². The number of nitrogens with one attached hydrogen (secondary N) is 2. The Labute approximate surface area is 200 Å². The summed E-state index contributed by atoms with van der Waals surface area (Å²) in [5.74, 6) is -4.69. The summed E-state index contributed by atoms with van der Waals surface area (Å²) < 4.78 is 9.50. The number of nitrogens with zero attached hydrogens (tertiary/aromatic N) is 1. The van der Waals surface area contributed by atoms with Gasteiger partial charge in [0.15, 0.2) is 0 Å². The van der Waals surface area contributed by atoms with Gasteiger partial charge < -0.3 is 20.1 Å². The number of hydrogen-bond acceptors (Lipinski definition) is 8. The maximum Gasteiger partial charge on any atom is 0.337 e. The molecule has 1 aliphatic rings. The number of methoxy groups -OCH3 is 2. The van der Waals surface area contributed by atoms with Crippen LogP contribution in [0.4, 0.5) is 5.69 Å². The van der Waals surface area contributed by atoms with Crippen molar-refractivity contribution in [1.82, 2.24) is 5.32 Å². The molecule has 0 saturated carbocycles. The fraction of sp³-hybridized carbons (Fsp3) is 0.208. The predicted octanol–water partition coefficient (Wildman–Crippen LogP) is 2.58. The number of nitriles is 1. The molecule has 3 rings (SSSR count). The van der Waals surface area contributed by atoms with Crippen LogP contribution in [-0.2, 0) is 23.9 Å². The average molecular weight is 480 g/mol. The van der Waals surface area contributed by atoms with Crippen molar-refractivity contribution >= 4 is 41.2 Å². The SMILES string of the molecule is COC(=O)c1ccc([C@@H]2C(C#N)=C(SCC(=O)Nc3ccccc3)NC(=O)[C@@H]2C(=O)OC)cc1. The highest BCUT2D eigenvalue weighted by molar-refractivity contribution is 8.03. The highest BCUT2D eigenvalue weighted by atomic mass is 32.2. The zero-order valence-corrected chi connectivity index (χ0v) is 19.2. The van der Waals surface area contributed by atoms with E-state index in [2.05, 4.69) is 16.7 Å².